The molecular weight excluding hydrogens is 252 g/mol. The van der Waals surface area contributed by atoms with Gasteiger partial charge in [0.25, 0.3) is 0 Å². The van der Waals surface area contributed by atoms with Crippen molar-refractivity contribution in [2.75, 3.05) is 0 Å². The molecule has 0 aliphatic carbocycles. The van der Waals surface area contributed by atoms with Gasteiger partial charge in [-0.1, -0.05) is 24.3 Å². The minimum absolute atomic E-state index is 0.118. The molecule has 0 radical (unpaired) electrons. The van der Waals surface area contributed by atoms with Gasteiger partial charge >= 0.3 is 0 Å². The first-order valence-electron chi connectivity index (χ1n) is 5.39. The van der Waals surface area contributed by atoms with Crippen LogP contribution >= 0.6 is 0 Å². The number of benzene rings is 1. The van der Waals surface area contributed by atoms with E-state index in [1.54, 1.807) is 0 Å². The number of rotatable bonds is 5. The summed E-state index contributed by atoms with van der Waals surface area (Å²) in [5.41, 5.74) is 7.38. The van der Waals surface area contributed by atoms with Crippen molar-refractivity contribution in [2.45, 2.75) is 18.0 Å². The Morgan fingerprint density at radius 1 is 1.28 bits per heavy atom. The normalized spacial score (nSPS) is 11.6. The highest BCUT2D eigenvalue weighted by Crippen LogP contribution is 2.10. The number of hydrogen-bond donors (Lipinski definition) is 3. The van der Waals surface area contributed by atoms with E-state index in [0.29, 0.717) is 6.54 Å². The molecule has 0 aliphatic heterocycles. The van der Waals surface area contributed by atoms with Gasteiger partial charge < -0.3 is 5.73 Å². The number of nitrogens with two attached hydrogens (primary N) is 1. The molecule has 1 aromatic heterocycles. The standard InChI is InChI=1S/C11H14N4O2S/c12-5-9-3-1-2-4-10(9)6-15-18(16,17)11-7-13-14-8-11/h1-4,7-8,15H,5-6,12H2,(H,13,14). The fourth-order valence-electron chi connectivity index (χ4n) is 1.57. The van der Waals surface area contributed by atoms with Crippen LogP contribution in [0.1, 0.15) is 11.1 Å². The molecule has 0 atom stereocenters. The van der Waals surface area contributed by atoms with E-state index < -0.39 is 10.0 Å². The van der Waals surface area contributed by atoms with E-state index in [9.17, 15) is 8.42 Å². The Kier molecular flexibility index (Phi) is 3.75. The van der Waals surface area contributed by atoms with Crippen LogP contribution in [0.25, 0.3) is 0 Å². The molecule has 7 heteroatoms. The van der Waals surface area contributed by atoms with Crippen LogP contribution in [0.3, 0.4) is 0 Å². The number of aromatic amines is 1. The largest absolute Gasteiger partial charge is 0.326 e. The van der Waals surface area contributed by atoms with Crippen LogP contribution in [0.4, 0.5) is 0 Å². The van der Waals surface area contributed by atoms with E-state index >= 15 is 0 Å². The van der Waals surface area contributed by atoms with Crippen LogP contribution in [-0.4, -0.2) is 18.6 Å². The van der Waals surface area contributed by atoms with Gasteiger partial charge in [-0.3, -0.25) is 5.10 Å². The third-order valence-electron chi connectivity index (χ3n) is 2.57. The number of nitrogens with one attached hydrogen (secondary N) is 2. The van der Waals surface area contributed by atoms with Crippen molar-refractivity contribution >= 4 is 10.0 Å². The van der Waals surface area contributed by atoms with Crippen LogP contribution in [0.15, 0.2) is 41.6 Å². The van der Waals surface area contributed by atoms with E-state index in [0.717, 1.165) is 11.1 Å². The summed E-state index contributed by atoms with van der Waals surface area (Å²) in [7, 11) is -3.52. The lowest BCUT2D eigenvalue weighted by atomic mass is 10.1. The van der Waals surface area contributed by atoms with Gasteiger partial charge in [-0.05, 0) is 11.1 Å². The quantitative estimate of drug-likeness (QED) is 0.726. The van der Waals surface area contributed by atoms with Crippen molar-refractivity contribution in [1.82, 2.24) is 14.9 Å². The van der Waals surface area contributed by atoms with Crippen molar-refractivity contribution in [3.05, 3.63) is 47.8 Å². The molecule has 0 unspecified atom stereocenters. The van der Waals surface area contributed by atoms with Crippen molar-refractivity contribution in [3.63, 3.8) is 0 Å². The van der Waals surface area contributed by atoms with Crippen LogP contribution in [0.5, 0.6) is 0 Å². The number of sulfonamides is 1. The van der Waals surface area contributed by atoms with Crippen LogP contribution in [0.2, 0.25) is 0 Å². The Balaban J connectivity index is 2.13. The van der Waals surface area contributed by atoms with E-state index in [1.165, 1.54) is 12.4 Å². The first-order chi connectivity index (χ1) is 8.63. The molecule has 2 aromatic rings. The second-order valence-corrected chi connectivity index (χ2v) is 5.50. The summed E-state index contributed by atoms with van der Waals surface area (Å²) in [4.78, 5) is 0.118. The highest BCUT2D eigenvalue weighted by molar-refractivity contribution is 7.89. The van der Waals surface area contributed by atoms with Crippen LogP contribution < -0.4 is 10.5 Å². The summed E-state index contributed by atoms with van der Waals surface area (Å²) in [6.07, 6.45) is 2.59. The third kappa shape index (κ3) is 2.76. The Bertz CT molecular complexity index is 608. The van der Waals surface area contributed by atoms with Gasteiger partial charge in [-0.25, -0.2) is 13.1 Å². The predicted octanol–water partition coefficient (Wildman–Crippen LogP) is 0.347. The highest BCUT2D eigenvalue weighted by Gasteiger charge is 2.15. The number of hydrogen-bond acceptors (Lipinski definition) is 4. The maximum Gasteiger partial charge on any atom is 0.243 e. The molecule has 1 aromatic carbocycles. The fourth-order valence-corrected chi connectivity index (χ4v) is 2.48. The minimum Gasteiger partial charge on any atom is -0.326 e. The fraction of sp³-hybridized carbons (Fsp3) is 0.182. The van der Waals surface area contributed by atoms with E-state index in [2.05, 4.69) is 14.9 Å². The van der Waals surface area contributed by atoms with Crippen LogP contribution in [-0.2, 0) is 23.1 Å². The summed E-state index contributed by atoms with van der Waals surface area (Å²) in [6, 6.07) is 7.44. The molecule has 0 amide bonds. The zero-order valence-corrected chi connectivity index (χ0v) is 10.4. The van der Waals surface area contributed by atoms with Crippen LogP contribution in [0, 0.1) is 0 Å². The molecule has 0 spiro atoms. The minimum atomic E-state index is -3.52. The summed E-state index contributed by atoms with van der Waals surface area (Å²) < 4.78 is 26.2. The van der Waals surface area contributed by atoms with Gasteiger partial charge in [0.1, 0.15) is 4.90 Å². The summed E-state index contributed by atoms with van der Waals surface area (Å²) in [6.45, 7) is 0.588. The smallest absolute Gasteiger partial charge is 0.243 e. The zero-order valence-electron chi connectivity index (χ0n) is 9.63. The monoisotopic (exact) mass is 266 g/mol. The Labute approximate surface area is 105 Å². The lowest BCUT2D eigenvalue weighted by Crippen LogP contribution is -2.23. The Morgan fingerprint density at radius 3 is 2.61 bits per heavy atom. The molecular formula is C11H14N4O2S. The summed E-state index contributed by atoms with van der Waals surface area (Å²) in [5.74, 6) is 0. The first-order valence-corrected chi connectivity index (χ1v) is 6.87. The van der Waals surface area contributed by atoms with Gasteiger partial charge in [0.2, 0.25) is 10.0 Å². The van der Waals surface area contributed by atoms with Gasteiger partial charge in [0.15, 0.2) is 0 Å². The molecule has 1 heterocycles. The molecule has 0 saturated carbocycles. The second-order valence-electron chi connectivity index (χ2n) is 3.73. The number of aromatic nitrogens is 2. The Hall–Kier alpha value is -1.70. The summed E-state index contributed by atoms with van der Waals surface area (Å²) in [5, 5.41) is 6.08. The van der Waals surface area contributed by atoms with Crippen molar-refractivity contribution in [3.8, 4) is 0 Å². The van der Waals surface area contributed by atoms with Gasteiger partial charge in [0, 0.05) is 19.3 Å². The predicted molar refractivity (Wildman–Crippen MR) is 66.9 cm³/mol. The molecule has 0 bridgehead atoms. The van der Waals surface area contributed by atoms with E-state index in [4.69, 9.17) is 5.73 Å². The van der Waals surface area contributed by atoms with Gasteiger partial charge in [-0.2, -0.15) is 5.10 Å². The molecule has 0 fully saturated rings. The van der Waals surface area contributed by atoms with E-state index in [1.807, 2.05) is 24.3 Å². The molecule has 0 saturated heterocycles. The molecule has 4 N–H and O–H groups in total. The maximum atomic E-state index is 11.9. The molecule has 18 heavy (non-hydrogen) atoms. The SMILES string of the molecule is NCc1ccccc1CNS(=O)(=O)c1cn[nH]c1. The highest BCUT2D eigenvalue weighted by atomic mass is 32.2. The average molecular weight is 266 g/mol. The first kappa shape index (κ1) is 12.7. The van der Waals surface area contributed by atoms with Crippen molar-refractivity contribution in [2.24, 2.45) is 5.73 Å². The summed E-state index contributed by atoms with van der Waals surface area (Å²) >= 11 is 0. The molecule has 2 rings (SSSR count). The second kappa shape index (κ2) is 5.30. The van der Waals surface area contributed by atoms with Gasteiger partial charge in [0.05, 0.1) is 6.20 Å². The van der Waals surface area contributed by atoms with Crippen molar-refractivity contribution in [1.29, 1.82) is 0 Å². The number of nitrogens with zero attached hydrogens (tertiary/aromatic N) is 1. The molecule has 96 valence electrons. The third-order valence-corrected chi connectivity index (χ3v) is 3.94. The van der Waals surface area contributed by atoms with Crippen molar-refractivity contribution < 1.29 is 8.42 Å². The molecule has 6 nitrogen and oxygen atoms in total. The maximum absolute atomic E-state index is 11.9. The lowest BCUT2D eigenvalue weighted by molar-refractivity contribution is 0.581. The zero-order chi connectivity index (χ0) is 13.0. The average Bonchev–Trinajstić information content (AvgIpc) is 2.91. The lowest BCUT2D eigenvalue weighted by Gasteiger charge is -2.08. The van der Waals surface area contributed by atoms with Gasteiger partial charge in [-0.15, -0.1) is 0 Å². The topological polar surface area (TPSA) is 101 Å². The van der Waals surface area contributed by atoms with E-state index in [-0.39, 0.29) is 11.4 Å². The Morgan fingerprint density at radius 2 is 2.00 bits per heavy atom. The number of H-pyrrole nitrogens is 1. The molecule has 0 aliphatic rings.